The Kier molecular flexibility index (Phi) is 3.28. The van der Waals surface area contributed by atoms with E-state index in [2.05, 4.69) is 16.0 Å². The van der Waals surface area contributed by atoms with Gasteiger partial charge in [0.2, 0.25) is 0 Å². The van der Waals surface area contributed by atoms with Crippen LogP contribution in [0.4, 0.5) is 5.13 Å². The van der Waals surface area contributed by atoms with Crippen molar-refractivity contribution in [3.8, 4) is 0 Å². The van der Waals surface area contributed by atoms with Crippen LogP contribution in [0, 0.1) is 5.41 Å². The first-order valence-corrected chi connectivity index (χ1v) is 6.31. The third-order valence-electron chi connectivity index (χ3n) is 2.76. The number of amidine groups is 1. The molecule has 1 heterocycles. The first kappa shape index (κ1) is 11.9. The monoisotopic (exact) mass is 248 g/mol. The number of nitrogens with zero attached hydrogens (tertiary/aromatic N) is 2. The van der Waals surface area contributed by atoms with Gasteiger partial charge in [-0.25, -0.2) is 4.98 Å². The molecule has 1 aromatic heterocycles. The minimum atomic E-state index is 0.188. The van der Waals surface area contributed by atoms with Crippen LogP contribution in [-0.2, 0) is 0 Å². The van der Waals surface area contributed by atoms with Gasteiger partial charge in [0, 0.05) is 19.5 Å². The lowest BCUT2D eigenvalue weighted by Crippen LogP contribution is -2.32. The van der Waals surface area contributed by atoms with Gasteiger partial charge >= 0.3 is 0 Å². The summed E-state index contributed by atoms with van der Waals surface area (Å²) in [7, 11) is 1.99. The van der Waals surface area contributed by atoms with E-state index in [0.29, 0.717) is 6.42 Å². The summed E-state index contributed by atoms with van der Waals surface area (Å²) in [5, 5.41) is 8.29. The van der Waals surface area contributed by atoms with E-state index in [1.54, 1.807) is 11.3 Å². The van der Waals surface area contributed by atoms with Gasteiger partial charge in [0.05, 0.1) is 16.1 Å². The number of thiazole rings is 1. The molecular weight excluding hydrogens is 232 g/mol. The molecule has 2 rings (SSSR count). The standard InChI is InChI=1S/C12H16N4S/c1-8(7-11(13)14)16(2)12-15-9-5-3-4-6-10(9)17-12/h3-6,8H,7H2,1-2H3,(H3,13,14). The molecule has 0 saturated heterocycles. The number of nitrogens with two attached hydrogens (primary N) is 1. The molecule has 0 aliphatic rings. The zero-order valence-corrected chi connectivity index (χ0v) is 10.8. The maximum atomic E-state index is 7.32. The molecule has 0 radical (unpaired) electrons. The summed E-state index contributed by atoms with van der Waals surface area (Å²) in [5.74, 6) is 0.213. The van der Waals surface area contributed by atoms with Crippen molar-refractivity contribution in [1.29, 1.82) is 5.41 Å². The molecule has 1 atom stereocenters. The van der Waals surface area contributed by atoms with Gasteiger partial charge in [-0.2, -0.15) is 0 Å². The number of rotatable bonds is 4. The summed E-state index contributed by atoms with van der Waals surface area (Å²) in [6, 6.07) is 8.28. The molecule has 0 aliphatic heterocycles. The molecule has 0 bridgehead atoms. The van der Waals surface area contributed by atoms with Crippen LogP contribution in [0.1, 0.15) is 13.3 Å². The summed E-state index contributed by atoms with van der Waals surface area (Å²) in [6.07, 6.45) is 0.562. The van der Waals surface area contributed by atoms with E-state index >= 15 is 0 Å². The topological polar surface area (TPSA) is 66.0 Å². The van der Waals surface area contributed by atoms with E-state index in [4.69, 9.17) is 11.1 Å². The van der Waals surface area contributed by atoms with E-state index in [-0.39, 0.29) is 11.9 Å². The van der Waals surface area contributed by atoms with Crippen LogP contribution < -0.4 is 10.6 Å². The Hall–Kier alpha value is -1.62. The number of anilines is 1. The van der Waals surface area contributed by atoms with Gasteiger partial charge < -0.3 is 10.6 Å². The number of hydrogen-bond acceptors (Lipinski definition) is 4. The predicted molar refractivity (Wildman–Crippen MR) is 74.0 cm³/mol. The van der Waals surface area contributed by atoms with E-state index in [1.807, 2.05) is 32.2 Å². The molecule has 0 spiro atoms. The molecular formula is C12H16N4S. The molecule has 1 unspecified atom stereocenters. The van der Waals surface area contributed by atoms with Crippen molar-refractivity contribution in [3.05, 3.63) is 24.3 Å². The van der Waals surface area contributed by atoms with Crippen molar-refractivity contribution >= 4 is 32.5 Å². The van der Waals surface area contributed by atoms with Crippen LogP contribution in [0.2, 0.25) is 0 Å². The van der Waals surface area contributed by atoms with E-state index < -0.39 is 0 Å². The van der Waals surface area contributed by atoms with Crippen LogP contribution in [0.25, 0.3) is 10.2 Å². The van der Waals surface area contributed by atoms with E-state index in [0.717, 1.165) is 10.6 Å². The summed E-state index contributed by atoms with van der Waals surface area (Å²) >= 11 is 1.66. The normalized spacial score (nSPS) is 12.6. The fraction of sp³-hybridized carbons (Fsp3) is 0.333. The highest BCUT2D eigenvalue weighted by molar-refractivity contribution is 7.22. The van der Waals surface area contributed by atoms with Crippen molar-refractivity contribution in [1.82, 2.24) is 4.98 Å². The summed E-state index contributed by atoms with van der Waals surface area (Å²) < 4.78 is 1.18. The lowest BCUT2D eigenvalue weighted by Gasteiger charge is -2.23. The molecule has 5 heteroatoms. The molecule has 3 N–H and O–H groups in total. The number of hydrogen-bond donors (Lipinski definition) is 2. The van der Waals surface area contributed by atoms with Gasteiger partial charge in [-0.1, -0.05) is 23.5 Å². The smallest absolute Gasteiger partial charge is 0.186 e. The number of para-hydroxylation sites is 1. The second-order valence-electron chi connectivity index (χ2n) is 4.15. The molecule has 0 aliphatic carbocycles. The summed E-state index contributed by atoms with van der Waals surface area (Å²) in [5.41, 5.74) is 6.45. The summed E-state index contributed by atoms with van der Waals surface area (Å²) in [6.45, 7) is 2.05. The minimum Gasteiger partial charge on any atom is -0.388 e. The Morgan fingerprint density at radius 3 is 2.88 bits per heavy atom. The van der Waals surface area contributed by atoms with E-state index in [9.17, 15) is 0 Å². The molecule has 4 nitrogen and oxygen atoms in total. The van der Waals surface area contributed by atoms with Crippen molar-refractivity contribution in [2.75, 3.05) is 11.9 Å². The molecule has 0 amide bonds. The Bertz CT molecular complexity index is 501. The quantitative estimate of drug-likeness (QED) is 0.645. The number of nitrogens with one attached hydrogen (secondary N) is 1. The third kappa shape index (κ3) is 2.55. The van der Waals surface area contributed by atoms with Gasteiger partial charge in [0.15, 0.2) is 5.13 Å². The third-order valence-corrected chi connectivity index (χ3v) is 3.89. The Morgan fingerprint density at radius 1 is 1.53 bits per heavy atom. The maximum absolute atomic E-state index is 7.32. The highest BCUT2D eigenvalue weighted by atomic mass is 32.1. The van der Waals surface area contributed by atoms with Crippen molar-refractivity contribution in [2.24, 2.45) is 5.73 Å². The molecule has 0 fully saturated rings. The van der Waals surface area contributed by atoms with Crippen LogP contribution >= 0.6 is 11.3 Å². The van der Waals surface area contributed by atoms with Crippen LogP contribution in [0.5, 0.6) is 0 Å². The summed E-state index contributed by atoms with van der Waals surface area (Å²) in [4.78, 5) is 6.65. The zero-order chi connectivity index (χ0) is 12.4. The maximum Gasteiger partial charge on any atom is 0.186 e. The van der Waals surface area contributed by atoms with Crippen LogP contribution in [-0.4, -0.2) is 23.9 Å². The molecule has 0 saturated carbocycles. The molecule has 2 aromatic rings. The average molecular weight is 248 g/mol. The second-order valence-corrected chi connectivity index (χ2v) is 5.16. The first-order chi connectivity index (χ1) is 8.08. The van der Waals surface area contributed by atoms with Crippen LogP contribution in [0.15, 0.2) is 24.3 Å². The van der Waals surface area contributed by atoms with Crippen molar-refractivity contribution in [2.45, 2.75) is 19.4 Å². The SMILES string of the molecule is CC(CC(=N)N)N(C)c1nc2ccccc2s1. The Labute approximate surface area is 105 Å². The molecule has 90 valence electrons. The van der Waals surface area contributed by atoms with E-state index in [1.165, 1.54) is 4.70 Å². The average Bonchev–Trinajstić information content (AvgIpc) is 2.70. The van der Waals surface area contributed by atoms with Gasteiger partial charge in [-0.15, -0.1) is 0 Å². The molecule has 17 heavy (non-hydrogen) atoms. The van der Waals surface area contributed by atoms with Crippen molar-refractivity contribution < 1.29 is 0 Å². The highest BCUT2D eigenvalue weighted by Crippen LogP contribution is 2.29. The number of benzene rings is 1. The van der Waals surface area contributed by atoms with Gasteiger partial charge in [0.1, 0.15) is 0 Å². The Balaban J connectivity index is 2.24. The number of aromatic nitrogens is 1. The van der Waals surface area contributed by atoms with Crippen molar-refractivity contribution in [3.63, 3.8) is 0 Å². The Morgan fingerprint density at radius 2 is 2.24 bits per heavy atom. The highest BCUT2D eigenvalue weighted by Gasteiger charge is 2.14. The lowest BCUT2D eigenvalue weighted by molar-refractivity contribution is 0.707. The zero-order valence-electron chi connectivity index (χ0n) is 9.97. The largest absolute Gasteiger partial charge is 0.388 e. The van der Waals surface area contributed by atoms with Gasteiger partial charge in [0.25, 0.3) is 0 Å². The first-order valence-electron chi connectivity index (χ1n) is 5.49. The fourth-order valence-corrected chi connectivity index (χ4v) is 2.68. The van der Waals surface area contributed by atoms with Crippen LogP contribution in [0.3, 0.4) is 0 Å². The fourth-order valence-electron chi connectivity index (χ4n) is 1.65. The van der Waals surface area contributed by atoms with Gasteiger partial charge in [-0.3, -0.25) is 5.41 Å². The lowest BCUT2D eigenvalue weighted by atomic mass is 10.2. The second kappa shape index (κ2) is 4.71. The molecule has 1 aromatic carbocycles. The predicted octanol–water partition coefficient (Wildman–Crippen LogP) is 2.45. The number of fused-ring (bicyclic) bond motifs is 1. The van der Waals surface area contributed by atoms with Gasteiger partial charge in [-0.05, 0) is 19.1 Å². The minimum absolute atomic E-state index is 0.188.